The molecular weight excluding hydrogens is 334 g/mol. The Kier molecular flexibility index (Phi) is 6.34. The zero-order valence-corrected chi connectivity index (χ0v) is 18.6. The fraction of sp³-hybridized carbons (Fsp3) is 0.913. The molecule has 27 heavy (non-hydrogen) atoms. The summed E-state index contributed by atoms with van der Waals surface area (Å²) >= 11 is 0. The summed E-state index contributed by atoms with van der Waals surface area (Å²) in [6.07, 6.45) is 10.6. The van der Waals surface area contributed by atoms with E-state index in [1.165, 1.54) is 43.5 Å². The average Bonchev–Trinajstić information content (AvgIpc) is 3.09. The van der Waals surface area contributed by atoms with Crippen LogP contribution in [-0.2, 0) is 23.1 Å². The Morgan fingerprint density at radius 2 is 1.67 bits per heavy atom. The van der Waals surface area contributed by atoms with E-state index in [2.05, 4.69) is 56.5 Å². The highest BCUT2D eigenvalue weighted by Crippen LogP contribution is 2.53. The second-order valence-electron chi connectivity index (χ2n) is 9.89. The van der Waals surface area contributed by atoms with Crippen molar-refractivity contribution < 1.29 is 4.74 Å². The van der Waals surface area contributed by atoms with E-state index >= 15 is 0 Å². The fourth-order valence-corrected chi connectivity index (χ4v) is 5.39. The molecule has 0 saturated heterocycles. The molecule has 1 aromatic heterocycles. The van der Waals surface area contributed by atoms with Gasteiger partial charge < -0.3 is 4.74 Å². The van der Waals surface area contributed by atoms with Crippen LogP contribution >= 0.6 is 0 Å². The molecule has 2 aliphatic carbocycles. The van der Waals surface area contributed by atoms with E-state index in [0.29, 0.717) is 0 Å². The maximum absolute atomic E-state index is 6.45. The van der Waals surface area contributed by atoms with Crippen molar-refractivity contribution in [3.63, 3.8) is 0 Å². The Labute approximate surface area is 166 Å². The number of rotatable bonds is 9. The summed E-state index contributed by atoms with van der Waals surface area (Å²) in [4.78, 5) is 0. The number of ether oxygens (including phenoxy) is 1. The Bertz CT molecular complexity index is 623. The zero-order valence-electron chi connectivity index (χ0n) is 18.6. The highest BCUT2D eigenvalue weighted by Gasteiger charge is 2.50. The second-order valence-corrected chi connectivity index (χ2v) is 9.89. The predicted molar refractivity (Wildman–Crippen MR) is 111 cm³/mol. The smallest absolute Gasteiger partial charge is 0.0859 e. The summed E-state index contributed by atoms with van der Waals surface area (Å²) in [7, 11) is 0. The molecule has 1 fully saturated rings. The molecule has 0 amide bonds. The topological polar surface area (TPSA) is 39.9 Å². The SMILES string of the molecule is CCCC(C)(CC)OCC1C2CCc3nnn(C(C)(C)CCC)c3CCC21. The van der Waals surface area contributed by atoms with Gasteiger partial charge in [-0.3, -0.25) is 0 Å². The summed E-state index contributed by atoms with van der Waals surface area (Å²) < 4.78 is 8.70. The molecule has 4 unspecified atom stereocenters. The lowest BCUT2D eigenvalue weighted by molar-refractivity contribution is -0.0485. The first-order valence-electron chi connectivity index (χ1n) is 11.4. The van der Waals surface area contributed by atoms with Crippen molar-refractivity contribution in [1.29, 1.82) is 0 Å². The van der Waals surface area contributed by atoms with E-state index in [1.54, 1.807) is 0 Å². The van der Waals surface area contributed by atoms with Crippen molar-refractivity contribution >= 4 is 0 Å². The third kappa shape index (κ3) is 4.41. The van der Waals surface area contributed by atoms with Gasteiger partial charge in [0.05, 0.1) is 29.1 Å². The number of aryl methyl sites for hydroxylation is 1. The van der Waals surface area contributed by atoms with Crippen LogP contribution in [0.2, 0.25) is 0 Å². The molecule has 154 valence electrons. The lowest BCUT2D eigenvalue weighted by atomic mass is 9.96. The minimum absolute atomic E-state index is 0.0712. The number of aromatic nitrogens is 3. The molecule has 0 N–H and O–H groups in total. The van der Waals surface area contributed by atoms with Crippen LogP contribution in [0.4, 0.5) is 0 Å². The first kappa shape index (κ1) is 20.8. The van der Waals surface area contributed by atoms with Gasteiger partial charge in [-0.15, -0.1) is 5.10 Å². The summed E-state index contributed by atoms with van der Waals surface area (Å²) in [5.74, 6) is 2.45. The third-order valence-electron chi connectivity index (χ3n) is 7.37. The number of hydrogen-bond donors (Lipinski definition) is 0. The van der Waals surface area contributed by atoms with E-state index in [-0.39, 0.29) is 11.1 Å². The monoisotopic (exact) mass is 375 g/mol. The lowest BCUT2D eigenvalue weighted by Gasteiger charge is -2.28. The molecule has 0 spiro atoms. The van der Waals surface area contributed by atoms with E-state index in [0.717, 1.165) is 50.0 Å². The Morgan fingerprint density at radius 3 is 2.30 bits per heavy atom. The first-order chi connectivity index (χ1) is 12.8. The summed E-state index contributed by atoms with van der Waals surface area (Å²) in [6, 6.07) is 0. The van der Waals surface area contributed by atoms with Crippen molar-refractivity contribution in [2.24, 2.45) is 17.8 Å². The minimum atomic E-state index is 0.0712. The van der Waals surface area contributed by atoms with Gasteiger partial charge in [0, 0.05) is 0 Å². The molecule has 1 heterocycles. The first-order valence-corrected chi connectivity index (χ1v) is 11.4. The molecule has 3 rings (SSSR count). The van der Waals surface area contributed by atoms with E-state index in [4.69, 9.17) is 4.74 Å². The summed E-state index contributed by atoms with van der Waals surface area (Å²) in [5.41, 5.74) is 2.81. The Hall–Kier alpha value is -0.900. The van der Waals surface area contributed by atoms with Gasteiger partial charge in [-0.05, 0) is 83.5 Å². The van der Waals surface area contributed by atoms with Crippen LogP contribution in [0.15, 0.2) is 0 Å². The lowest BCUT2D eigenvalue weighted by Crippen LogP contribution is -2.29. The molecule has 1 aromatic rings. The van der Waals surface area contributed by atoms with Crippen LogP contribution < -0.4 is 0 Å². The molecule has 0 aromatic carbocycles. The van der Waals surface area contributed by atoms with Crippen molar-refractivity contribution in [1.82, 2.24) is 15.0 Å². The molecule has 1 saturated carbocycles. The largest absolute Gasteiger partial charge is 0.375 e. The molecule has 2 aliphatic rings. The Morgan fingerprint density at radius 1 is 1.00 bits per heavy atom. The Balaban J connectivity index is 1.62. The molecular formula is C23H41N3O. The average molecular weight is 376 g/mol. The summed E-state index contributed by atoms with van der Waals surface area (Å²) in [6.45, 7) is 14.6. The van der Waals surface area contributed by atoms with E-state index < -0.39 is 0 Å². The number of hydrogen-bond acceptors (Lipinski definition) is 3. The predicted octanol–water partition coefficient (Wildman–Crippen LogP) is 5.54. The molecule has 4 heteroatoms. The molecule has 4 atom stereocenters. The van der Waals surface area contributed by atoms with Crippen LogP contribution in [0.25, 0.3) is 0 Å². The minimum Gasteiger partial charge on any atom is -0.375 e. The van der Waals surface area contributed by atoms with Gasteiger partial charge in [0.25, 0.3) is 0 Å². The molecule has 0 radical (unpaired) electrons. The van der Waals surface area contributed by atoms with Crippen molar-refractivity contribution in [3.8, 4) is 0 Å². The quantitative estimate of drug-likeness (QED) is 0.569. The van der Waals surface area contributed by atoms with Crippen LogP contribution in [0, 0.1) is 17.8 Å². The normalized spacial score (nSPS) is 27.3. The van der Waals surface area contributed by atoms with E-state index in [9.17, 15) is 0 Å². The highest BCUT2D eigenvalue weighted by molar-refractivity contribution is 5.16. The van der Waals surface area contributed by atoms with Crippen LogP contribution in [0.5, 0.6) is 0 Å². The number of nitrogens with zero attached hydrogens (tertiary/aromatic N) is 3. The van der Waals surface area contributed by atoms with Gasteiger partial charge in [0.15, 0.2) is 0 Å². The van der Waals surface area contributed by atoms with Crippen LogP contribution in [-0.4, -0.2) is 27.2 Å². The van der Waals surface area contributed by atoms with Gasteiger partial charge in [0.2, 0.25) is 0 Å². The zero-order chi connectivity index (χ0) is 19.7. The molecule has 0 aliphatic heterocycles. The van der Waals surface area contributed by atoms with Gasteiger partial charge in [-0.1, -0.05) is 38.8 Å². The van der Waals surface area contributed by atoms with Crippen LogP contribution in [0.1, 0.15) is 97.9 Å². The van der Waals surface area contributed by atoms with Crippen molar-refractivity contribution in [2.45, 2.75) is 110 Å². The maximum atomic E-state index is 6.45. The van der Waals surface area contributed by atoms with Gasteiger partial charge >= 0.3 is 0 Å². The van der Waals surface area contributed by atoms with Gasteiger partial charge in [-0.2, -0.15) is 0 Å². The van der Waals surface area contributed by atoms with Crippen molar-refractivity contribution in [3.05, 3.63) is 11.4 Å². The molecule has 0 bridgehead atoms. The second kappa shape index (κ2) is 8.23. The number of fused-ring (bicyclic) bond motifs is 2. The standard InChI is InChI=1S/C23H41N3O/c1-7-14-22(4,5)26-21-13-11-18-17(10-12-20(21)24-25-26)19(18)16-27-23(6,9-3)15-8-2/h17-19H,7-16H2,1-6H3. The maximum Gasteiger partial charge on any atom is 0.0859 e. The highest BCUT2D eigenvalue weighted by atomic mass is 16.5. The third-order valence-corrected chi connectivity index (χ3v) is 7.37. The fourth-order valence-electron chi connectivity index (χ4n) is 5.39. The molecule has 4 nitrogen and oxygen atoms in total. The van der Waals surface area contributed by atoms with Crippen molar-refractivity contribution in [2.75, 3.05) is 6.61 Å². The summed E-state index contributed by atoms with van der Waals surface area (Å²) in [5, 5.41) is 9.16. The van der Waals surface area contributed by atoms with Crippen LogP contribution in [0.3, 0.4) is 0 Å². The van der Waals surface area contributed by atoms with Gasteiger partial charge in [-0.25, -0.2) is 4.68 Å². The van der Waals surface area contributed by atoms with E-state index in [1.807, 2.05) is 0 Å². The van der Waals surface area contributed by atoms with Gasteiger partial charge in [0.1, 0.15) is 0 Å².